The zero-order chi connectivity index (χ0) is 12.1. The van der Waals surface area contributed by atoms with Gasteiger partial charge >= 0.3 is 0 Å². The lowest BCUT2D eigenvalue weighted by Gasteiger charge is -2.19. The molecule has 0 unspecified atom stereocenters. The lowest BCUT2D eigenvalue weighted by molar-refractivity contribution is -0.114. The molecule has 1 amide bonds. The number of phenols is 1. The summed E-state index contributed by atoms with van der Waals surface area (Å²) in [7, 11) is 0. The Labute approximate surface area is 96.0 Å². The Balaban J connectivity index is 2.99. The van der Waals surface area contributed by atoms with Gasteiger partial charge in [-0.1, -0.05) is 11.6 Å². The molecule has 3 nitrogen and oxygen atoms in total. The van der Waals surface area contributed by atoms with Gasteiger partial charge < -0.3 is 10.0 Å². The predicted octanol–water partition coefficient (Wildman–Crippen LogP) is 2.71. The highest BCUT2D eigenvalue weighted by molar-refractivity contribution is 6.01. The molecule has 1 N–H and O–H groups in total. The van der Waals surface area contributed by atoms with Crippen molar-refractivity contribution in [2.45, 2.75) is 20.8 Å². The Bertz CT molecular complexity index is 406. The number of carbonyl (C=O) groups excluding carboxylic acids is 1. The van der Waals surface area contributed by atoms with E-state index in [0.29, 0.717) is 12.2 Å². The van der Waals surface area contributed by atoms with Gasteiger partial charge in [0, 0.05) is 24.4 Å². The van der Waals surface area contributed by atoms with Gasteiger partial charge in [-0.25, -0.2) is 0 Å². The molecule has 86 valence electrons. The Hall–Kier alpha value is -1.77. The third-order valence-electron chi connectivity index (χ3n) is 2.14. The van der Waals surface area contributed by atoms with Crippen LogP contribution in [0.3, 0.4) is 0 Å². The van der Waals surface area contributed by atoms with Gasteiger partial charge in [0.25, 0.3) is 5.91 Å². The number of carbonyl (C=O) groups is 1. The topological polar surface area (TPSA) is 40.5 Å². The number of anilines is 1. The van der Waals surface area contributed by atoms with Crippen LogP contribution in [0.5, 0.6) is 5.75 Å². The molecule has 1 rings (SSSR count). The number of aromatic hydroxyl groups is 1. The summed E-state index contributed by atoms with van der Waals surface area (Å²) >= 11 is 0. The highest BCUT2D eigenvalue weighted by Crippen LogP contribution is 2.20. The molecule has 0 saturated carbocycles. The minimum Gasteiger partial charge on any atom is -0.508 e. The van der Waals surface area contributed by atoms with E-state index in [1.54, 1.807) is 35.2 Å². The van der Waals surface area contributed by atoms with Gasteiger partial charge in [0.05, 0.1) is 0 Å². The number of hydrogen-bond donors (Lipinski definition) is 1. The van der Waals surface area contributed by atoms with E-state index in [1.165, 1.54) is 0 Å². The van der Waals surface area contributed by atoms with Crippen LogP contribution in [-0.4, -0.2) is 17.6 Å². The minimum absolute atomic E-state index is 0.0619. The fourth-order valence-electron chi connectivity index (χ4n) is 1.45. The van der Waals surface area contributed by atoms with Crippen molar-refractivity contribution >= 4 is 11.6 Å². The number of rotatable bonds is 3. The zero-order valence-corrected chi connectivity index (χ0v) is 9.90. The Morgan fingerprint density at radius 2 is 2.12 bits per heavy atom. The average molecular weight is 219 g/mol. The van der Waals surface area contributed by atoms with Crippen LogP contribution in [0.1, 0.15) is 20.8 Å². The van der Waals surface area contributed by atoms with Gasteiger partial charge in [0.15, 0.2) is 0 Å². The fourth-order valence-corrected chi connectivity index (χ4v) is 1.45. The van der Waals surface area contributed by atoms with Crippen LogP contribution in [-0.2, 0) is 4.79 Å². The first-order valence-electron chi connectivity index (χ1n) is 5.30. The maximum atomic E-state index is 11.9. The summed E-state index contributed by atoms with van der Waals surface area (Å²) in [5, 5.41) is 9.37. The highest BCUT2D eigenvalue weighted by atomic mass is 16.3. The van der Waals surface area contributed by atoms with Crippen LogP contribution >= 0.6 is 0 Å². The third kappa shape index (κ3) is 3.12. The number of benzene rings is 1. The van der Waals surface area contributed by atoms with Crippen LogP contribution in [0.15, 0.2) is 35.9 Å². The van der Waals surface area contributed by atoms with Crippen LogP contribution in [0.4, 0.5) is 5.69 Å². The standard InChI is InChI=1S/C13H17NO2/c1-4-14(13(16)8-10(2)3)11-6-5-7-12(15)9-11/h5-9,15H,4H2,1-3H3. The normalized spacial score (nSPS) is 9.69. The molecule has 3 heteroatoms. The first-order chi connectivity index (χ1) is 7.54. The van der Waals surface area contributed by atoms with Crippen molar-refractivity contribution in [3.8, 4) is 5.75 Å². The fraction of sp³-hybridized carbons (Fsp3) is 0.308. The molecule has 0 radical (unpaired) electrons. The summed E-state index contributed by atoms with van der Waals surface area (Å²) in [6.07, 6.45) is 1.59. The Morgan fingerprint density at radius 3 is 2.62 bits per heavy atom. The molecule has 1 aromatic rings. The number of amides is 1. The molecule has 0 aliphatic carbocycles. The van der Waals surface area contributed by atoms with Crippen LogP contribution in [0.25, 0.3) is 0 Å². The summed E-state index contributed by atoms with van der Waals surface area (Å²) in [5.41, 5.74) is 1.67. The molecule has 0 aromatic heterocycles. The van der Waals surface area contributed by atoms with E-state index < -0.39 is 0 Å². The van der Waals surface area contributed by atoms with Crippen molar-refractivity contribution in [3.05, 3.63) is 35.9 Å². The summed E-state index contributed by atoms with van der Waals surface area (Å²) in [6, 6.07) is 6.70. The molecular formula is C13H17NO2. The number of hydrogen-bond acceptors (Lipinski definition) is 2. The summed E-state index contributed by atoms with van der Waals surface area (Å²) in [5.74, 6) is 0.106. The van der Waals surface area contributed by atoms with E-state index in [1.807, 2.05) is 20.8 Å². The van der Waals surface area contributed by atoms with Crippen molar-refractivity contribution in [3.63, 3.8) is 0 Å². The lowest BCUT2D eigenvalue weighted by Crippen LogP contribution is -2.28. The monoisotopic (exact) mass is 219 g/mol. The van der Waals surface area contributed by atoms with Crippen molar-refractivity contribution in [2.75, 3.05) is 11.4 Å². The summed E-state index contributed by atoms with van der Waals surface area (Å²) < 4.78 is 0. The molecule has 1 aromatic carbocycles. The second-order valence-electron chi connectivity index (χ2n) is 3.82. The van der Waals surface area contributed by atoms with Gasteiger partial charge in [0.1, 0.15) is 5.75 Å². The van der Waals surface area contributed by atoms with Crippen LogP contribution in [0, 0.1) is 0 Å². The lowest BCUT2D eigenvalue weighted by atomic mass is 10.2. The van der Waals surface area contributed by atoms with Gasteiger partial charge in [-0.15, -0.1) is 0 Å². The second-order valence-corrected chi connectivity index (χ2v) is 3.82. The molecule has 0 aliphatic heterocycles. The maximum absolute atomic E-state index is 11.9. The number of allylic oxidation sites excluding steroid dienone is 1. The van der Waals surface area contributed by atoms with E-state index >= 15 is 0 Å². The zero-order valence-electron chi connectivity index (χ0n) is 9.90. The Kier molecular flexibility index (Phi) is 4.11. The van der Waals surface area contributed by atoms with E-state index in [9.17, 15) is 9.90 Å². The maximum Gasteiger partial charge on any atom is 0.250 e. The van der Waals surface area contributed by atoms with E-state index in [0.717, 1.165) is 5.57 Å². The van der Waals surface area contributed by atoms with E-state index in [4.69, 9.17) is 0 Å². The van der Waals surface area contributed by atoms with Crippen molar-refractivity contribution < 1.29 is 9.90 Å². The Morgan fingerprint density at radius 1 is 1.44 bits per heavy atom. The number of likely N-dealkylation sites (N-methyl/N-ethyl adjacent to an activating group) is 1. The third-order valence-corrected chi connectivity index (χ3v) is 2.14. The molecule has 0 bridgehead atoms. The summed E-state index contributed by atoms with van der Waals surface area (Å²) in [4.78, 5) is 13.5. The van der Waals surface area contributed by atoms with Gasteiger partial charge in [0.2, 0.25) is 0 Å². The molecule has 0 heterocycles. The van der Waals surface area contributed by atoms with Crippen LogP contribution in [0.2, 0.25) is 0 Å². The predicted molar refractivity (Wildman–Crippen MR) is 65.6 cm³/mol. The smallest absolute Gasteiger partial charge is 0.250 e. The minimum atomic E-state index is -0.0619. The van der Waals surface area contributed by atoms with E-state index in [-0.39, 0.29) is 11.7 Å². The molecule has 0 fully saturated rings. The van der Waals surface area contributed by atoms with Crippen molar-refractivity contribution in [2.24, 2.45) is 0 Å². The summed E-state index contributed by atoms with van der Waals surface area (Å²) in [6.45, 7) is 6.25. The largest absolute Gasteiger partial charge is 0.508 e. The first kappa shape index (κ1) is 12.3. The second kappa shape index (κ2) is 5.35. The molecule has 0 atom stereocenters. The van der Waals surface area contributed by atoms with Gasteiger partial charge in [-0.3, -0.25) is 4.79 Å². The molecule has 16 heavy (non-hydrogen) atoms. The van der Waals surface area contributed by atoms with E-state index in [2.05, 4.69) is 0 Å². The van der Waals surface area contributed by atoms with Crippen LogP contribution < -0.4 is 4.90 Å². The number of phenolic OH excluding ortho intramolecular Hbond substituents is 1. The molecular weight excluding hydrogens is 202 g/mol. The van der Waals surface area contributed by atoms with Crippen molar-refractivity contribution in [1.82, 2.24) is 0 Å². The number of nitrogens with zero attached hydrogens (tertiary/aromatic N) is 1. The van der Waals surface area contributed by atoms with Gasteiger partial charge in [-0.2, -0.15) is 0 Å². The quantitative estimate of drug-likeness (QED) is 0.794. The first-order valence-corrected chi connectivity index (χ1v) is 5.30. The SMILES string of the molecule is CCN(C(=O)C=C(C)C)c1cccc(O)c1. The van der Waals surface area contributed by atoms with Crippen molar-refractivity contribution in [1.29, 1.82) is 0 Å². The average Bonchev–Trinajstić information content (AvgIpc) is 2.17. The molecule has 0 spiro atoms. The highest BCUT2D eigenvalue weighted by Gasteiger charge is 2.11. The molecule has 0 saturated heterocycles. The molecule has 0 aliphatic rings. The van der Waals surface area contributed by atoms with Gasteiger partial charge in [-0.05, 0) is 32.9 Å².